The molecule has 1 amide bonds. The average molecular weight is 378 g/mol. The lowest BCUT2D eigenvalue weighted by Gasteiger charge is -2.29. The maximum absolute atomic E-state index is 12.7. The number of carbonyl (C=O) groups excluding carboxylic acids is 1. The third-order valence-electron chi connectivity index (χ3n) is 4.90. The molecule has 3 aromatic rings. The van der Waals surface area contributed by atoms with Crippen LogP contribution in [0.25, 0.3) is 0 Å². The SMILES string of the molecule is Cc1cc(Cl)ccc1NC(=O)c1ccnc(N2CCc3ccccc3C2)c1. The van der Waals surface area contributed by atoms with E-state index in [4.69, 9.17) is 11.6 Å². The van der Waals surface area contributed by atoms with Crippen molar-refractivity contribution in [3.63, 3.8) is 0 Å². The number of anilines is 2. The second kappa shape index (κ2) is 7.41. The van der Waals surface area contributed by atoms with Crippen molar-refractivity contribution in [2.24, 2.45) is 0 Å². The summed E-state index contributed by atoms with van der Waals surface area (Å²) in [5, 5.41) is 3.61. The van der Waals surface area contributed by atoms with E-state index in [1.54, 1.807) is 18.3 Å². The summed E-state index contributed by atoms with van der Waals surface area (Å²) in [6, 6.07) is 17.5. The molecule has 0 radical (unpaired) electrons. The number of nitrogens with zero attached hydrogens (tertiary/aromatic N) is 2. The van der Waals surface area contributed by atoms with Crippen molar-refractivity contribution in [1.29, 1.82) is 0 Å². The first-order valence-electron chi connectivity index (χ1n) is 8.95. The topological polar surface area (TPSA) is 45.2 Å². The minimum absolute atomic E-state index is 0.151. The van der Waals surface area contributed by atoms with Crippen molar-refractivity contribution in [2.45, 2.75) is 19.9 Å². The van der Waals surface area contributed by atoms with E-state index in [0.29, 0.717) is 10.6 Å². The number of fused-ring (bicyclic) bond motifs is 1. The van der Waals surface area contributed by atoms with Gasteiger partial charge in [-0.3, -0.25) is 4.79 Å². The molecule has 0 spiro atoms. The van der Waals surface area contributed by atoms with Crippen LogP contribution in [0.5, 0.6) is 0 Å². The molecule has 0 saturated carbocycles. The molecular weight excluding hydrogens is 358 g/mol. The summed E-state index contributed by atoms with van der Waals surface area (Å²) in [5.74, 6) is 0.673. The second-order valence-corrected chi connectivity index (χ2v) is 7.19. The smallest absolute Gasteiger partial charge is 0.255 e. The maximum Gasteiger partial charge on any atom is 0.255 e. The van der Waals surface area contributed by atoms with Crippen LogP contribution in [0.3, 0.4) is 0 Å². The summed E-state index contributed by atoms with van der Waals surface area (Å²) in [5.41, 5.74) is 4.98. The molecule has 0 bridgehead atoms. The second-order valence-electron chi connectivity index (χ2n) is 6.76. The van der Waals surface area contributed by atoms with Crippen molar-refractivity contribution in [2.75, 3.05) is 16.8 Å². The van der Waals surface area contributed by atoms with E-state index >= 15 is 0 Å². The van der Waals surface area contributed by atoms with Crippen molar-refractivity contribution >= 4 is 29.0 Å². The molecule has 2 heterocycles. The van der Waals surface area contributed by atoms with Crippen LogP contribution in [0, 0.1) is 6.92 Å². The van der Waals surface area contributed by atoms with Crippen LogP contribution in [-0.2, 0) is 13.0 Å². The van der Waals surface area contributed by atoms with Gasteiger partial charge >= 0.3 is 0 Å². The number of halogens is 1. The fraction of sp³-hybridized carbons (Fsp3) is 0.182. The fourth-order valence-corrected chi connectivity index (χ4v) is 3.61. The molecule has 2 aromatic carbocycles. The normalized spacial score (nSPS) is 13.2. The zero-order chi connectivity index (χ0) is 18.8. The van der Waals surface area contributed by atoms with Gasteiger partial charge in [-0.25, -0.2) is 4.98 Å². The van der Waals surface area contributed by atoms with Crippen molar-refractivity contribution in [3.8, 4) is 0 Å². The molecule has 0 saturated heterocycles. The monoisotopic (exact) mass is 377 g/mol. The Balaban J connectivity index is 1.53. The van der Waals surface area contributed by atoms with Crippen LogP contribution in [0.15, 0.2) is 60.8 Å². The van der Waals surface area contributed by atoms with Gasteiger partial charge in [0.25, 0.3) is 5.91 Å². The van der Waals surface area contributed by atoms with Gasteiger partial charge in [0.1, 0.15) is 5.82 Å². The predicted molar refractivity (Wildman–Crippen MR) is 110 cm³/mol. The number of rotatable bonds is 3. The van der Waals surface area contributed by atoms with Crippen LogP contribution >= 0.6 is 11.6 Å². The van der Waals surface area contributed by atoms with Gasteiger partial charge in [0.05, 0.1) is 0 Å². The lowest BCUT2D eigenvalue weighted by atomic mass is 10.00. The number of hydrogen-bond donors (Lipinski definition) is 1. The van der Waals surface area contributed by atoms with Crippen molar-refractivity contribution in [3.05, 3.63) is 88.1 Å². The summed E-state index contributed by atoms with van der Waals surface area (Å²) in [4.78, 5) is 19.4. The first-order valence-corrected chi connectivity index (χ1v) is 9.33. The minimum atomic E-state index is -0.151. The molecule has 1 aromatic heterocycles. The zero-order valence-corrected chi connectivity index (χ0v) is 15.8. The Morgan fingerprint density at radius 1 is 1.11 bits per heavy atom. The Morgan fingerprint density at radius 3 is 2.74 bits per heavy atom. The Kier molecular flexibility index (Phi) is 4.82. The molecule has 0 atom stereocenters. The highest BCUT2D eigenvalue weighted by Crippen LogP contribution is 2.24. The highest BCUT2D eigenvalue weighted by Gasteiger charge is 2.18. The fourth-order valence-electron chi connectivity index (χ4n) is 3.39. The lowest BCUT2D eigenvalue weighted by molar-refractivity contribution is 0.102. The van der Waals surface area contributed by atoms with Gasteiger partial charge in [0, 0.05) is 35.6 Å². The summed E-state index contributed by atoms with van der Waals surface area (Å²) in [6.45, 7) is 3.63. The lowest BCUT2D eigenvalue weighted by Crippen LogP contribution is -2.31. The third kappa shape index (κ3) is 3.81. The molecule has 1 N–H and O–H groups in total. The predicted octanol–water partition coefficient (Wildman–Crippen LogP) is 4.86. The van der Waals surface area contributed by atoms with Crippen molar-refractivity contribution < 1.29 is 4.79 Å². The number of carbonyl (C=O) groups is 1. The molecule has 4 rings (SSSR count). The molecule has 0 unspecified atom stereocenters. The third-order valence-corrected chi connectivity index (χ3v) is 5.13. The minimum Gasteiger partial charge on any atom is -0.352 e. The van der Waals surface area contributed by atoms with Gasteiger partial charge in [-0.05, 0) is 60.4 Å². The van der Waals surface area contributed by atoms with Gasteiger partial charge in [-0.1, -0.05) is 35.9 Å². The Hall–Kier alpha value is -2.85. The van der Waals surface area contributed by atoms with E-state index in [0.717, 1.165) is 36.6 Å². The van der Waals surface area contributed by atoms with E-state index < -0.39 is 0 Å². The Morgan fingerprint density at radius 2 is 1.93 bits per heavy atom. The van der Waals surface area contributed by atoms with E-state index in [1.165, 1.54) is 11.1 Å². The zero-order valence-electron chi connectivity index (χ0n) is 15.1. The number of aryl methyl sites for hydroxylation is 1. The molecule has 0 aliphatic carbocycles. The summed E-state index contributed by atoms with van der Waals surface area (Å²) < 4.78 is 0. The molecule has 5 heteroatoms. The quantitative estimate of drug-likeness (QED) is 0.709. The Bertz CT molecular complexity index is 1000. The molecule has 4 nitrogen and oxygen atoms in total. The van der Waals surface area contributed by atoms with Gasteiger partial charge in [-0.15, -0.1) is 0 Å². The van der Waals surface area contributed by atoms with Gasteiger partial charge in [0.15, 0.2) is 0 Å². The highest BCUT2D eigenvalue weighted by molar-refractivity contribution is 6.30. The summed E-state index contributed by atoms with van der Waals surface area (Å²) in [7, 11) is 0. The van der Waals surface area contributed by atoms with Crippen LogP contribution in [0.1, 0.15) is 27.0 Å². The standard InChI is InChI=1S/C22H20ClN3O/c1-15-12-19(23)6-7-20(15)25-22(27)17-8-10-24-21(13-17)26-11-9-16-4-2-3-5-18(16)14-26/h2-8,10,12-13H,9,11,14H2,1H3,(H,25,27). The van der Waals surface area contributed by atoms with E-state index in [2.05, 4.69) is 39.5 Å². The first kappa shape index (κ1) is 17.6. The highest BCUT2D eigenvalue weighted by atomic mass is 35.5. The van der Waals surface area contributed by atoms with E-state index in [1.807, 2.05) is 25.1 Å². The maximum atomic E-state index is 12.7. The molecular formula is C22H20ClN3O. The Labute approximate surface area is 163 Å². The average Bonchev–Trinajstić information content (AvgIpc) is 2.70. The van der Waals surface area contributed by atoms with E-state index in [9.17, 15) is 4.79 Å². The first-order chi connectivity index (χ1) is 13.1. The van der Waals surface area contributed by atoms with Gasteiger partial charge in [-0.2, -0.15) is 0 Å². The number of nitrogens with one attached hydrogen (secondary N) is 1. The van der Waals surface area contributed by atoms with Crippen LogP contribution in [0.4, 0.5) is 11.5 Å². The number of benzene rings is 2. The molecule has 27 heavy (non-hydrogen) atoms. The number of aromatic nitrogens is 1. The molecule has 1 aliphatic rings. The largest absolute Gasteiger partial charge is 0.352 e. The molecule has 0 fully saturated rings. The number of hydrogen-bond acceptors (Lipinski definition) is 3. The number of pyridine rings is 1. The summed E-state index contributed by atoms with van der Waals surface area (Å²) >= 11 is 5.99. The van der Waals surface area contributed by atoms with Crippen LogP contribution in [0.2, 0.25) is 5.02 Å². The molecule has 1 aliphatic heterocycles. The van der Waals surface area contributed by atoms with Gasteiger partial charge < -0.3 is 10.2 Å². The van der Waals surface area contributed by atoms with Gasteiger partial charge in [0.2, 0.25) is 0 Å². The van der Waals surface area contributed by atoms with Crippen molar-refractivity contribution in [1.82, 2.24) is 4.98 Å². The number of amides is 1. The van der Waals surface area contributed by atoms with Crippen LogP contribution in [-0.4, -0.2) is 17.4 Å². The summed E-state index contributed by atoms with van der Waals surface area (Å²) in [6.07, 6.45) is 2.68. The molecule has 136 valence electrons. The van der Waals surface area contributed by atoms with Crippen LogP contribution < -0.4 is 10.2 Å². The van der Waals surface area contributed by atoms with E-state index in [-0.39, 0.29) is 5.91 Å².